The van der Waals surface area contributed by atoms with Crippen molar-refractivity contribution in [1.29, 1.82) is 0 Å². The standard InChI is InChI=1S/C15H25N3O3/c1-19-15(6-8-20-9-7-15)14-17-13(21-18-14)12-4-2-11(10-16)3-5-12/h11-12H,2-10,16H2,1H3. The molecule has 2 fully saturated rings. The van der Waals surface area contributed by atoms with Crippen molar-refractivity contribution in [3.05, 3.63) is 11.7 Å². The van der Waals surface area contributed by atoms with Crippen molar-refractivity contribution >= 4 is 0 Å². The molecule has 1 saturated carbocycles. The summed E-state index contributed by atoms with van der Waals surface area (Å²) in [5.41, 5.74) is 5.31. The van der Waals surface area contributed by atoms with Gasteiger partial charge in [0.15, 0.2) is 0 Å². The van der Waals surface area contributed by atoms with E-state index in [0.717, 1.165) is 51.0 Å². The second-order valence-corrected chi connectivity index (χ2v) is 6.22. The smallest absolute Gasteiger partial charge is 0.229 e. The van der Waals surface area contributed by atoms with Crippen molar-refractivity contribution in [3.63, 3.8) is 0 Å². The van der Waals surface area contributed by atoms with Crippen LogP contribution in [0, 0.1) is 5.92 Å². The Morgan fingerprint density at radius 1 is 1.24 bits per heavy atom. The average molecular weight is 295 g/mol. The van der Waals surface area contributed by atoms with E-state index in [1.807, 2.05) is 0 Å². The van der Waals surface area contributed by atoms with E-state index in [-0.39, 0.29) is 0 Å². The molecular weight excluding hydrogens is 270 g/mol. The summed E-state index contributed by atoms with van der Waals surface area (Å²) in [6, 6.07) is 0. The van der Waals surface area contributed by atoms with Crippen LogP contribution in [0.4, 0.5) is 0 Å². The van der Waals surface area contributed by atoms with E-state index in [1.54, 1.807) is 7.11 Å². The summed E-state index contributed by atoms with van der Waals surface area (Å²) in [5.74, 6) is 2.49. The lowest BCUT2D eigenvalue weighted by molar-refractivity contribution is -0.101. The summed E-state index contributed by atoms with van der Waals surface area (Å²) in [6.45, 7) is 2.15. The number of rotatable bonds is 4. The molecule has 1 aromatic heterocycles. The minimum Gasteiger partial charge on any atom is -0.381 e. The fourth-order valence-corrected chi connectivity index (χ4v) is 3.45. The molecule has 0 unspecified atom stereocenters. The summed E-state index contributed by atoms with van der Waals surface area (Å²) in [7, 11) is 1.72. The highest BCUT2D eigenvalue weighted by molar-refractivity contribution is 5.05. The van der Waals surface area contributed by atoms with Crippen LogP contribution >= 0.6 is 0 Å². The van der Waals surface area contributed by atoms with E-state index in [0.29, 0.717) is 30.9 Å². The zero-order chi connectivity index (χ0) is 14.7. The van der Waals surface area contributed by atoms with Crippen LogP contribution < -0.4 is 5.73 Å². The Bertz CT molecular complexity index is 449. The van der Waals surface area contributed by atoms with Crippen molar-refractivity contribution in [2.45, 2.75) is 50.0 Å². The maximum atomic E-state index is 5.74. The topological polar surface area (TPSA) is 83.4 Å². The third-order valence-electron chi connectivity index (χ3n) is 5.07. The molecule has 0 bridgehead atoms. The van der Waals surface area contributed by atoms with Crippen LogP contribution in [0.1, 0.15) is 56.2 Å². The molecule has 118 valence electrons. The molecule has 1 aliphatic carbocycles. The summed E-state index contributed by atoms with van der Waals surface area (Å²) in [5, 5.41) is 4.21. The van der Waals surface area contributed by atoms with Gasteiger partial charge in [-0.2, -0.15) is 4.98 Å². The van der Waals surface area contributed by atoms with Crippen LogP contribution in [-0.2, 0) is 15.1 Å². The molecule has 0 spiro atoms. The van der Waals surface area contributed by atoms with Crippen LogP contribution in [0.5, 0.6) is 0 Å². The number of ether oxygens (including phenoxy) is 2. The molecule has 6 nitrogen and oxygen atoms in total. The fraction of sp³-hybridized carbons (Fsp3) is 0.867. The predicted molar refractivity (Wildman–Crippen MR) is 76.8 cm³/mol. The highest BCUT2D eigenvalue weighted by Gasteiger charge is 2.40. The number of methoxy groups -OCH3 is 1. The van der Waals surface area contributed by atoms with Crippen molar-refractivity contribution < 1.29 is 14.0 Å². The lowest BCUT2D eigenvalue weighted by Crippen LogP contribution is -2.36. The lowest BCUT2D eigenvalue weighted by atomic mass is 9.82. The van der Waals surface area contributed by atoms with Crippen LogP contribution in [0.25, 0.3) is 0 Å². The second kappa shape index (κ2) is 6.42. The zero-order valence-corrected chi connectivity index (χ0v) is 12.7. The molecule has 2 heterocycles. The van der Waals surface area contributed by atoms with Crippen LogP contribution in [0.3, 0.4) is 0 Å². The molecule has 2 N–H and O–H groups in total. The highest BCUT2D eigenvalue weighted by atomic mass is 16.5. The van der Waals surface area contributed by atoms with Gasteiger partial charge in [0, 0.05) is 39.1 Å². The van der Waals surface area contributed by atoms with E-state index in [4.69, 9.17) is 19.7 Å². The largest absolute Gasteiger partial charge is 0.381 e. The van der Waals surface area contributed by atoms with E-state index in [1.165, 1.54) is 0 Å². The quantitative estimate of drug-likeness (QED) is 0.914. The minimum absolute atomic E-state index is 0.378. The van der Waals surface area contributed by atoms with Gasteiger partial charge < -0.3 is 19.7 Å². The lowest BCUT2D eigenvalue weighted by Gasteiger charge is -2.32. The van der Waals surface area contributed by atoms with Gasteiger partial charge in [0.2, 0.25) is 11.7 Å². The van der Waals surface area contributed by atoms with Gasteiger partial charge in [-0.1, -0.05) is 5.16 Å². The predicted octanol–water partition coefficient (Wildman–Crippen LogP) is 1.95. The van der Waals surface area contributed by atoms with Gasteiger partial charge in [-0.15, -0.1) is 0 Å². The fourth-order valence-electron chi connectivity index (χ4n) is 3.45. The van der Waals surface area contributed by atoms with Crippen molar-refractivity contribution in [3.8, 4) is 0 Å². The number of hydrogen-bond donors (Lipinski definition) is 1. The molecule has 1 aromatic rings. The van der Waals surface area contributed by atoms with Gasteiger partial charge in [-0.05, 0) is 38.1 Å². The van der Waals surface area contributed by atoms with Crippen LogP contribution in [-0.4, -0.2) is 37.0 Å². The number of nitrogens with zero attached hydrogens (tertiary/aromatic N) is 2. The average Bonchev–Trinajstić information content (AvgIpc) is 3.06. The minimum atomic E-state index is -0.436. The third kappa shape index (κ3) is 2.98. The molecule has 2 aliphatic rings. The maximum Gasteiger partial charge on any atom is 0.229 e. The molecule has 0 amide bonds. The molecule has 1 aliphatic heterocycles. The zero-order valence-electron chi connectivity index (χ0n) is 12.7. The Hall–Kier alpha value is -0.980. The number of aromatic nitrogens is 2. The molecule has 21 heavy (non-hydrogen) atoms. The Kier molecular flexibility index (Phi) is 4.57. The number of nitrogens with two attached hydrogens (primary N) is 1. The Morgan fingerprint density at radius 2 is 1.95 bits per heavy atom. The molecular formula is C15H25N3O3. The molecule has 0 radical (unpaired) electrons. The first-order chi connectivity index (χ1) is 10.3. The monoisotopic (exact) mass is 295 g/mol. The first kappa shape index (κ1) is 14.9. The van der Waals surface area contributed by atoms with Crippen molar-refractivity contribution in [2.75, 3.05) is 26.9 Å². The second-order valence-electron chi connectivity index (χ2n) is 6.22. The molecule has 0 atom stereocenters. The molecule has 6 heteroatoms. The van der Waals surface area contributed by atoms with Gasteiger partial charge in [-0.3, -0.25) is 0 Å². The van der Waals surface area contributed by atoms with E-state index in [2.05, 4.69) is 10.1 Å². The third-order valence-corrected chi connectivity index (χ3v) is 5.07. The first-order valence-corrected chi connectivity index (χ1v) is 7.94. The maximum absolute atomic E-state index is 5.74. The summed E-state index contributed by atoms with van der Waals surface area (Å²) in [6.07, 6.45) is 6.05. The summed E-state index contributed by atoms with van der Waals surface area (Å²) in [4.78, 5) is 4.66. The van der Waals surface area contributed by atoms with Crippen LogP contribution in [0.15, 0.2) is 4.52 Å². The summed E-state index contributed by atoms with van der Waals surface area (Å²) < 4.78 is 16.7. The number of hydrogen-bond acceptors (Lipinski definition) is 6. The van der Waals surface area contributed by atoms with E-state index < -0.39 is 5.60 Å². The Morgan fingerprint density at radius 3 is 2.57 bits per heavy atom. The van der Waals surface area contributed by atoms with Gasteiger partial charge in [-0.25, -0.2) is 0 Å². The Balaban J connectivity index is 1.71. The van der Waals surface area contributed by atoms with Gasteiger partial charge in [0.25, 0.3) is 0 Å². The Labute approximate surface area is 125 Å². The molecule has 3 rings (SSSR count). The van der Waals surface area contributed by atoms with Gasteiger partial charge in [0.1, 0.15) is 5.60 Å². The van der Waals surface area contributed by atoms with Crippen molar-refractivity contribution in [2.24, 2.45) is 11.7 Å². The van der Waals surface area contributed by atoms with E-state index >= 15 is 0 Å². The highest BCUT2D eigenvalue weighted by Crippen LogP contribution is 2.37. The van der Waals surface area contributed by atoms with Crippen molar-refractivity contribution in [1.82, 2.24) is 10.1 Å². The summed E-state index contributed by atoms with van der Waals surface area (Å²) >= 11 is 0. The first-order valence-electron chi connectivity index (χ1n) is 7.94. The van der Waals surface area contributed by atoms with E-state index in [9.17, 15) is 0 Å². The normalized spacial score (nSPS) is 29.4. The van der Waals surface area contributed by atoms with Crippen LogP contribution in [0.2, 0.25) is 0 Å². The van der Waals surface area contributed by atoms with Gasteiger partial charge >= 0.3 is 0 Å². The SMILES string of the molecule is COC1(c2noc(C3CCC(CN)CC3)n2)CCOCC1. The molecule has 1 saturated heterocycles. The van der Waals surface area contributed by atoms with Gasteiger partial charge in [0.05, 0.1) is 0 Å². The molecule has 0 aromatic carbocycles.